The van der Waals surface area contributed by atoms with Crippen molar-refractivity contribution in [1.82, 2.24) is 4.57 Å². The van der Waals surface area contributed by atoms with Crippen LogP contribution in [0.4, 0.5) is 0 Å². The van der Waals surface area contributed by atoms with E-state index in [9.17, 15) is 19.5 Å². The molecule has 1 aliphatic heterocycles. The standard InChI is InChI=1S/C11H9NO5S/c1-5(2)11(10(16)17)12-7(13)4-3-6(9(14)15)8(12)18-11/h3-4H,1H2,2H3,(H,14,15)(H,16,17). The third kappa shape index (κ3) is 1.34. The van der Waals surface area contributed by atoms with Crippen LogP contribution in [0.5, 0.6) is 0 Å². The van der Waals surface area contributed by atoms with Crippen LogP contribution in [0, 0.1) is 0 Å². The van der Waals surface area contributed by atoms with E-state index >= 15 is 0 Å². The zero-order valence-electron chi connectivity index (χ0n) is 9.34. The summed E-state index contributed by atoms with van der Waals surface area (Å²) >= 11 is 0.815. The minimum atomic E-state index is -1.60. The summed E-state index contributed by atoms with van der Waals surface area (Å²) < 4.78 is 0.964. The molecule has 0 fully saturated rings. The number of hydrogen-bond donors (Lipinski definition) is 2. The topological polar surface area (TPSA) is 96.6 Å². The summed E-state index contributed by atoms with van der Waals surface area (Å²) in [4.78, 5) is 32.5. The van der Waals surface area contributed by atoms with Gasteiger partial charge in [-0.05, 0) is 18.6 Å². The van der Waals surface area contributed by atoms with E-state index in [1.165, 1.54) is 13.0 Å². The van der Waals surface area contributed by atoms with Gasteiger partial charge < -0.3 is 10.2 Å². The summed E-state index contributed by atoms with van der Waals surface area (Å²) in [6, 6.07) is 2.22. The molecule has 0 saturated heterocycles. The van der Waals surface area contributed by atoms with Gasteiger partial charge in [0.2, 0.25) is 4.87 Å². The highest BCUT2D eigenvalue weighted by atomic mass is 32.2. The van der Waals surface area contributed by atoms with Crippen molar-refractivity contribution in [3.05, 3.63) is 40.2 Å². The van der Waals surface area contributed by atoms with Gasteiger partial charge in [-0.15, -0.1) is 0 Å². The normalized spacial score (nSPS) is 20.7. The second-order valence-electron chi connectivity index (χ2n) is 3.86. The molecule has 94 valence electrons. The summed E-state index contributed by atoms with van der Waals surface area (Å²) in [5.74, 6) is -2.44. The van der Waals surface area contributed by atoms with E-state index in [1.54, 1.807) is 0 Å². The first-order chi connectivity index (χ1) is 8.32. The van der Waals surface area contributed by atoms with Gasteiger partial charge in [-0.1, -0.05) is 18.3 Å². The molecule has 0 bridgehead atoms. The summed E-state index contributed by atoms with van der Waals surface area (Å²) in [5.41, 5.74) is -0.381. The highest BCUT2D eigenvalue weighted by Gasteiger charge is 2.53. The summed E-state index contributed by atoms with van der Waals surface area (Å²) in [7, 11) is 0. The number of pyridine rings is 1. The molecule has 2 N–H and O–H groups in total. The fourth-order valence-electron chi connectivity index (χ4n) is 1.83. The van der Waals surface area contributed by atoms with Crippen LogP contribution in [0.3, 0.4) is 0 Å². The van der Waals surface area contributed by atoms with Gasteiger partial charge in [0.25, 0.3) is 5.56 Å². The quantitative estimate of drug-likeness (QED) is 0.792. The van der Waals surface area contributed by atoms with Crippen molar-refractivity contribution < 1.29 is 19.8 Å². The highest BCUT2D eigenvalue weighted by molar-refractivity contribution is 8.02. The molecule has 0 radical (unpaired) electrons. The number of aromatic carboxylic acids is 1. The first-order valence-electron chi connectivity index (χ1n) is 4.90. The molecule has 1 atom stereocenters. The van der Waals surface area contributed by atoms with Crippen LogP contribution in [0.2, 0.25) is 0 Å². The third-order valence-corrected chi connectivity index (χ3v) is 4.30. The number of carboxylic acid groups (broad SMARTS) is 2. The molecule has 7 heteroatoms. The molecular weight excluding hydrogens is 258 g/mol. The lowest BCUT2D eigenvalue weighted by Crippen LogP contribution is -2.53. The van der Waals surface area contributed by atoms with Crippen molar-refractivity contribution in [2.75, 3.05) is 0 Å². The molecule has 0 saturated carbocycles. The minimum absolute atomic E-state index is 0.0854. The van der Waals surface area contributed by atoms with E-state index in [0.717, 1.165) is 22.4 Å². The Hall–Kier alpha value is -2.02. The number of carbonyl (C=O) groups is 2. The molecule has 2 rings (SSSR count). The number of carboxylic acids is 2. The number of fused-ring (bicyclic) bond motifs is 1. The fraction of sp³-hybridized carbons (Fsp3) is 0.182. The van der Waals surface area contributed by atoms with Crippen LogP contribution in [-0.2, 0) is 9.67 Å². The molecule has 0 aromatic carbocycles. The lowest BCUT2D eigenvalue weighted by molar-refractivity contribution is -0.142. The molecule has 18 heavy (non-hydrogen) atoms. The number of hydrogen-bond acceptors (Lipinski definition) is 4. The fourth-order valence-corrected chi connectivity index (χ4v) is 3.09. The van der Waals surface area contributed by atoms with Gasteiger partial charge in [-0.25, -0.2) is 9.59 Å². The van der Waals surface area contributed by atoms with Gasteiger partial charge in [-0.2, -0.15) is 0 Å². The molecule has 1 unspecified atom stereocenters. The van der Waals surface area contributed by atoms with Crippen LogP contribution in [0.25, 0.3) is 0 Å². The zero-order valence-corrected chi connectivity index (χ0v) is 10.2. The first kappa shape index (κ1) is 12.4. The van der Waals surface area contributed by atoms with Crippen LogP contribution >= 0.6 is 11.8 Å². The Morgan fingerprint density at radius 3 is 2.44 bits per heavy atom. The lowest BCUT2D eigenvalue weighted by atomic mass is 10.1. The van der Waals surface area contributed by atoms with Crippen molar-refractivity contribution in [3.8, 4) is 0 Å². The number of aromatic nitrogens is 1. The highest BCUT2D eigenvalue weighted by Crippen LogP contribution is 2.52. The molecule has 2 heterocycles. The molecule has 1 aromatic heterocycles. The Kier molecular flexibility index (Phi) is 2.58. The molecule has 1 aliphatic rings. The van der Waals surface area contributed by atoms with Crippen molar-refractivity contribution in [2.45, 2.75) is 16.8 Å². The predicted molar refractivity (Wildman–Crippen MR) is 63.9 cm³/mol. The van der Waals surface area contributed by atoms with Crippen molar-refractivity contribution in [2.24, 2.45) is 0 Å². The van der Waals surface area contributed by atoms with Gasteiger partial charge in [-0.3, -0.25) is 9.36 Å². The third-order valence-electron chi connectivity index (χ3n) is 2.70. The van der Waals surface area contributed by atoms with E-state index < -0.39 is 22.4 Å². The van der Waals surface area contributed by atoms with E-state index in [-0.39, 0.29) is 16.2 Å². The maximum Gasteiger partial charge on any atom is 0.345 e. The summed E-state index contributed by atoms with van der Waals surface area (Å²) in [6.45, 7) is 5.07. The van der Waals surface area contributed by atoms with Crippen molar-refractivity contribution >= 4 is 23.7 Å². The number of thioether (sulfide) groups is 1. The maximum absolute atomic E-state index is 11.7. The molecule has 1 aromatic rings. The Morgan fingerprint density at radius 1 is 1.39 bits per heavy atom. The number of aliphatic carboxylic acids is 1. The average molecular weight is 267 g/mol. The average Bonchev–Trinajstić information content (AvgIpc) is 2.18. The smallest absolute Gasteiger partial charge is 0.345 e. The SMILES string of the molecule is C=C(C)C1(C(=O)O)Sc2c(C(=O)O)ccc(=O)n21. The van der Waals surface area contributed by atoms with E-state index in [2.05, 4.69) is 6.58 Å². The Labute approximate surface area is 106 Å². The second-order valence-corrected chi connectivity index (χ2v) is 5.04. The minimum Gasteiger partial charge on any atom is -0.479 e. The summed E-state index contributed by atoms with van der Waals surface area (Å²) in [6.07, 6.45) is 0. The molecule has 0 aliphatic carbocycles. The van der Waals surface area contributed by atoms with Crippen LogP contribution in [0.15, 0.2) is 34.1 Å². The van der Waals surface area contributed by atoms with Crippen LogP contribution in [-0.4, -0.2) is 26.7 Å². The Balaban J connectivity index is 2.76. The predicted octanol–water partition coefficient (Wildman–Crippen LogP) is 0.966. The molecule has 0 amide bonds. The number of nitrogens with zero attached hydrogens (tertiary/aromatic N) is 1. The molecule has 0 spiro atoms. The monoisotopic (exact) mass is 267 g/mol. The van der Waals surface area contributed by atoms with Gasteiger partial charge in [0.1, 0.15) is 0 Å². The van der Waals surface area contributed by atoms with Gasteiger partial charge in [0.15, 0.2) is 0 Å². The van der Waals surface area contributed by atoms with Crippen LogP contribution < -0.4 is 5.56 Å². The zero-order chi connectivity index (χ0) is 13.7. The largest absolute Gasteiger partial charge is 0.479 e. The van der Waals surface area contributed by atoms with Gasteiger partial charge in [0.05, 0.1) is 10.6 Å². The Morgan fingerprint density at radius 2 is 2.00 bits per heavy atom. The Bertz CT molecular complexity index is 631. The first-order valence-corrected chi connectivity index (χ1v) is 5.72. The van der Waals surface area contributed by atoms with Crippen molar-refractivity contribution in [3.63, 3.8) is 0 Å². The van der Waals surface area contributed by atoms with Crippen molar-refractivity contribution in [1.29, 1.82) is 0 Å². The molecule has 6 nitrogen and oxygen atoms in total. The van der Waals surface area contributed by atoms with E-state index in [4.69, 9.17) is 5.11 Å². The second kappa shape index (κ2) is 3.74. The van der Waals surface area contributed by atoms with Gasteiger partial charge in [0, 0.05) is 6.07 Å². The summed E-state index contributed by atoms with van der Waals surface area (Å²) in [5, 5.41) is 18.4. The lowest BCUT2D eigenvalue weighted by Gasteiger charge is -2.41. The van der Waals surface area contributed by atoms with Gasteiger partial charge >= 0.3 is 11.9 Å². The van der Waals surface area contributed by atoms with E-state index in [1.807, 2.05) is 0 Å². The number of rotatable bonds is 3. The molecular formula is C11H9NO5S. The maximum atomic E-state index is 11.7. The van der Waals surface area contributed by atoms with E-state index in [0.29, 0.717) is 0 Å². The van der Waals surface area contributed by atoms with Crippen LogP contribution in [0.1, 0.15) is 17.3 Å².